The number of pyridine rings is 1. The number of likely N-dealkylation sites (N-methyl/N-ethyl adjacent to an activating group) is 1. The van der Waals surface area contributed by atoms with Gasteiger partial charge in [0, 0.05) is 52.5 Å². The van der Waals surface area contributed by atoms with Crippen molar-refractivity contribution in [2.45, 2.75) is 13.1 Å². The van der Waals surface area contributed by atoms with E-state index >= 15 is 0 Å². The summed E-state index contributed by atoms with van der Waals surface area (Å²) in [6.45, 7) is 5.56. The van der Waals surface area contributed by atoms with Crippen LogP contribution in [-0.2, 0) is 13.1 Å². The molecule has 1 fully saturated rings. The van der Waals surface area contributed by atoms with E-state index in [1.54, 1.807) is 14.2 Å². The second-order valence-corrected chi connectivity index (χ2v) is 6.94. The Hall–Kier alpha value is -2.80. The molecule has 150 valence electrons. The molecule has 0 radical (unpaired) electrons. The molecule has 1 aliphatic rings. The highest BCUT2D eigenvalue weighted by Crippen LogP contribution is 2.15. The van der Waals surface area contributed by atoms with Gasteiger partial charge >= 0.3 is 0 Å². The Morgan fingerprint density at radius 3 is 2.46 bits per heavy atom. The number of anilines is 1. The van der Waals surface area contributed by atoms with Crippen LogP contribution in [0.5, 0.6) is 5.75 Å². The van der Waals surface area contributed by atoms with Crippen molar-refractivity contribution in [3.05, 3.63) is 53.7 Å². The first-order valence-electron chi connectivity index (χ1n) is 9.64. The zero-order chi connectivity index (χ0) is 19.8. The normalized spacial score (nSPS) is 15.4. The summed E-state index contributed by atoms with van der Waals surface area (Å²) in [5, 5.41) is 6.72. The van der Waals surface area contributed by atoms with E-state index in [1.807, 2.05) is 30.5 Å². The molecule has 7 heteroatoms. The number of aliphatic imine (C=N–C) groups is 1. The number of nitrogens with zero attached hydrogens (tertiary/aromatic N) is 4. The Morgan fingerprint density at radius 1 is 1.07 bits per heavy atom. The second kappa shape index (κ2) is 9.94. The van der Waals surface area contributed by atoms with E-state index in [9.17, 15) is 0 Å². The van der Waals surface area contributed by atoms with Gasteiger partial charge in [0.15, 0.2) is 5.96 Å². The number of hydrogen-bond donors (Lipinski definition) is 2. The lowest BCUT2D eigenvalue weighted by molar-refractivity contribution is 0.312. The molecule has 28 heavy (non-hydrogen) atoms. The van der Waals surface area contributed by atoms with Gasteiger partial charge in [-0.1, -0.05) is 12.1 Å². The fraction of sp³-hybridized carbons (Fsp3) is 0.429. The monoisotopic (exact) mass is 382 g/mol. The largest absolute Gasteiger partial charge is 0.497 e. The van der Waals surface area contributed by atoms with Crippen LogP contribution in [-0.4, -0.2) is 63.2 Å². The third kappa shape index (κ3) is 5.60. The van der Waals surface area contributed by atoms with E-state index in [0.29, 0.717) is 13.1 Å². The van der Waals surface area contributed by atoms with Crippen molar-refractivity contribution < 1.29 is 4.74 Å². The molecule has 0 unspecified atom stereocenters. The number of nitrogens with one attached hydrogen (secondary N) is 2. The van der Waals surface area contributed by atoms with E-state index < -0.39 is 0 Å². The predicted molar refractivity (Wildman–Crippen MR) is 114 cm³/mol. The van der Waals surface area contributed by atoms with Crippen LogP contribution >= 0.6 is 0 Å². The molecule has 7 nitrogen and oxygen atoms in total. The van der Waals surface area contributed by atoms with Gasteiger partial charge in [-0.15, -0.1) is 0 Å². The Bertz CT molecular complexity index is 786. The van der Waals surface area contributed by atoms with E-state index in [0.717, 1.165) is 49.3 Å². The fourth-order valence-corrected chi connectivity index (χ4v) is 3.15. The molecular weight excluding hydrogens is 352 g/mol. The molecule has 0 amide bonds. The number of methoxy groups -OCH3 is 1. The highest BCUT2D eigenvalue weighted by Gasteiger charge is 2.15. The fourth-order valence-electron chi connectivity index (χ4n) is 3.15. The Balaban J connectivity index is 1.52. The Morgan fingerprint density at radius 2 is 1.79 bits per heavy atom. The molecule has 1 aliphatic heterocycles. The van der Waals surface area contributed by atoms with Crippen molar-refractivity contribution >= 4 is 11.8 Å². The van der Waals surface area contributed by atoms with Crippen LogP contribution in [0.25, 0.3) is 0 Å². The molecule has 2 N–H and O–H groups in total. The van der Waals surface area contributed by atoms with Gasteiger partial charge in [0.05, 0.1) is 7.11 Å². The number of ether oxygens (including phenoxy) is 1. The maximum Gasteiger partial charge on any atom is 0.191 e. The number of benzene rings is 1. The Labute approximate surface area is 167 Å². The molecule has 0 aliphatic carbocycles. The number of guanidine groups is 1. The van der Waals surface area contributed by atoms with Gasteiger partial charge in [0.2, 0.25) is 0 Å². The lowest BCUT2D eigenvalue weighted by atomic mass is 10.2. The molecular formula is C21H30N6O. The minimum absolute atomic E-state index is 0.680. The van der Waals surface area contributed by atoms with E-state index in [-0.39, 0.29) is 0 Å². The summed E-state index contributed by atoms with van der Waals surface area (Å²) in [5.41, 5.74) is 2.33. The molecule has 2 aromatic rings. The van der Waals surface area contributed by atoms with Crippen molar-refractivity contribution in [3.63, 3.8) is 0 Å². The predicted octanol–water partition coefficient (Wildman–Crippen LogP) is 1.71. The van der Waals surface area contributed by atoms with Gasteiger partial charge in [-0.3, -0.25) is 4.99 Å². The summed E-state index contributed by atoms with van der Waals surface area (Å²) >= 11 is 0. The van der Waals surface area contributed by atoms with E-state index in [1.165, 1.54) is 5.56 Å². The van der Waals surface area contributed by atoms with E-state index in [4.69, 9.17) is 4.74 Å². The molecule has 2 heterocycles. The average Bonchev–Trinajstić information content (AvgIpc) is 2.75. The first kappa shape index (κ1) is 19.9. The van der Waals surface area contributed by atoms with Gasteiger partial charge in [0.25, 0.3) is 0 Å². The summed E-state index contributed by atoms with van der Waals surface area (Å²) in [7, 11) is 5.62. The summed E-state index contributed by atoms with van der Waals surface area (Å²) < 4.78 is 5.27. The van der Waals surface area contributed by atoms with E-state index in [2.05, 4.69) is 49.6 Å². The van der Waals surface area contributed by atoms with Gasteiger partial charge in [-0.25, -0.2) is 4.98 Å². The van der Waals surface area contributed by atoms with Crippen LogP contribution in [0.4, 0.5) is 5.82 Å². The third-order valence-corrected chi connectivity index (χ3v) is 4.91. The van der Waals surface area contributed by atoms with Crippen LogP contribution in [0, 0.1) is 0 Å². The van der Waals surface area contributed by atoms with Gasteiger partial charge < -0.3 is 25.2 Å². The Kier molecular flexibility index (Phi) is 7.08. The maximum atomic E-state index is 5.27. The quantitative estimate of drug-likeness (QED) is 0.586. The average molecular weight is 383 g/mol. The number of hydrogen-bond acceptors (Lipinski definition) is 5. The van der Waals surface area contributed by atoms with Crippen molar-refractivity contribution in [2.75, 3.05) is 52.3 Å². The molecule has 1 aromatic carbocycles. The lowest BCUT2D eigenvalue weighted by Crippen LogP contribution is -2.44. The zero-order valence-corrected chi connectivity index (χ0v) is 17.0. The molecule has 0 spiro atoms. The number of piperazine rings is 1. The minimum atomic E-state index is 0.680. The van der Waals surface area contributed by atoms with Crippen molar-refractivity contribution in [1.29, 1.82) is 0 Å². The lowest BCUT2D eigenvalue weighted by Gasteiger charge is -2.33. The number of aromatic nitrogens is 1. The number of rotatable bonds is 6. The highest BCUT2D eigenvalue weighted by molar-refractivity contribution is 5.79. The van der Waals surface area contributed by atoms with Gasteiger partial charge in [-0.2, -0.15) is 0 Å². The third-order valence-electron chi connectivity index (χ3n) is 4.91. The molecule has 3 rings (SSSR count). The van der Waals surface area contributed by atoms with Crippen molar-refractivity contribution in [2.24, 2.45) is 4.99 Å². The van der Waals surface area contributed by atoms with Crippen molar-refractivity contribution in [1.82, 2.24) is 20.5 Å². The van der Waals surface area contributed by atoms with Gasteiger partial charge in [-0.05, 0) is 42.4 Å². The highest BCUT2D eigenvalue weighted by atomic mass is 16.5. The summed E-state index contributed by atoms with van der Waals surface area (Å²) in [5.74, 6) is 2.67. The zero-order valence-electron chi connectivity index (χ0n) is 17.0. The van der Waals surface area contributed by atoms with Gasteiger partial charge in [0.1, 0.15) is 11.6 Å². The molecule has 1 aromatic heterocycles. The summed E-state index contributed by atoms with van der Waals surface area (Å²) in [6.07, 6.45) is 1.89. The topological polar surface area (TPSA) is 65.0 Å². The van der Waals surface area contributed by atoms with Crippen LogP contribution < -0.4 is 20.3 Å². The molecule has 0 bridgehead atoms. The summed E-state index contributed by atoms with van der Waals surface area (Å²) in [6, 6.07) is 12.2. The standard InChI is InChI=1S/C21H30N6O/c1-22-21(24-15-17-5-4-6-19(13-17)28-3)25-16-18-7-8-23-20(14-18)27-11-9-26(2)10-12-27/h4-8,13-14H,9-12,15-16H2,1-3H3,(H2,22,24,25). The first-order valence-corrected chi connectivity index (χ1v) is 9.64. The van der Waals surface area contributed by atoms with Crippen LogP contribution in [0.1, 0.15) is 11.1 Å². The minimum Gasteiger partial charge on any atom is -0.497 e. The second-order valence-electron chi connectivity index (χ2n) is 6.94. The smallest absolute Gasteiger partial charge is 0.191 e. The molecule has 0 saturated carbocycles. The maximum absolute atomic E-state index is 5.27. The van der Waals surface area contributed by atoms with Crippen LogP contribution in [0.3, 0.4) is 0 Å². The van der Waals surface area contributed by atoms with Crippen LogP contribution in [0.2, 0.25) is 0 Å². The van der Waals surface area contributed by atoms with Crippen LogP contribution in [0.15, 0.2) is 47.6 Å². The SMILES string of the molecule is CN=C(NCc1cccc(OC)c1)NCc1ccnc(N2CCN(C)CC2)c1. The molecule has 0 atom stereocenters. The summed E-state index contributed by atoms with van der Waals surface area (Å²) in [4.78, 5) is 13.6. The molecule has 1 saturated heterocycles. The first-order chi connectivity index (χ1) is 13.7. The van der Waals surface area contributed by atoms with Crippen molar-refractivity contribution in [3.8, 4) is 5.75 Å².